The Kier molecular flexibility index (Phi) is 6.57. The van der Waals surface area contributed by atoms with Crippen LogP contribution in [0.25, 0.3) is 0 Å². The van der Waals surface area contributed by atoms with E-state index < -0.39 is 0 Å². The Bertz CT molecular complexity index is 516. The smallest absolute Gasteiger partial charge is 0.213 e. The molecule has 1 N–H and O–H groups in total. The summed E-state index contributed by atoms with van der Waals surface area (Å²) in [7, 11) is 1.84. The van der Waals surface area contributed by atoms with Crippen molar-refractivity contribution in [3.8, 4) is 5.88 Å². The van der Waals surface area contributed by atoms with E-state index in [2.05, 4.69) is 41.0 Å². The van der Waals surface area contributed by atoms with Gasteiger partial charge in [0, 0.05) is 49.4 Å². The highest BCUT2D eigenvalue weighted by Crippen LogP contribution is 2.29. The molecule has 0 bridgehead atoms. The summed E-state index contributed by atoms with van der Waals surface area (Å²) in [6, 6.07) is 3.98. The van der Waals surface area contributed by atoms with Crippen LogP contribution >= 0.6 is 11.8 Å². The van der Waals surface area contributed by atoms with Gasteiger partial charge in [0.2, 0.25) is 5.88 Å². The van der Waals surface area contributed by atoms with Gasteiger partial charge < -0.3 is 15.0 Å². The van der Waals surface area contributed by atoms with E-state index in [4.69, 9.17) is 4.74 Å². The van der Waals surface area contributed by atoms with Crippen molar-refractivity contribution in [1.29, 1.82) is 0 Å². The molecule has 1 fully saturated rings. The van der Waals surface area contributed by atoms with E-state index >= 15 is 0 Å². The first kappa shape index (κ1) is 17.9. The van der Waals surface area contributed by atoms with Gasteiger partial charge >= 0.3 is 0 Å². The minimum atomic E-state index is 0.274. The van der Waals surface area contributed by atoms with E-state index in [9.17, 15) is 0 Å². The molecular formula is C17H28N4OS. The zero-order valence-electron chi connectivity index (χ0n) is 14.6. The summed E-state index contributed by atoms with van der Waals surface area (Å²) < 4.78 is 5.78. The van der Waals surface area contributed by atoms with Crippen molar-refractivity contribution in [3.63, 3.8) is 0 Å². The van der Waals surface area contributed by atoms with Crippen molar-refractivity contribution in [2.45, 2.75) is 38.5 Å². The molecule has 1 saturated heterocycles. The minimum absolute atomic E-state index is 0.274. The summed E-state index contributed by atoms with van der Waals surface area (Å²) >= 11 is 2.03. The third kappa shape index (κ3) is 5.61. The van der Waals surface area contributed by atoms with Crippen molar-refractivity contribution >= 4 is 17.7 Å². The normalized spacial score (nSPS) is 17.9. The molecule has 0 unspecified atom stereocenters. The molecule has 0 spiro atoms. The standard InChI is InChI=1S/C17H28N4OS/c1-5-9-22-15-7-6-14(11-19-15)12-20-16(18-4)21-8-10-23-17(2,3)13-21/h6-7,11H,5,8-10,12-13H2,1-4H3,(H,18,20). The molecule has 0 atom stereocenters. The first-order chi connectivity index (χ1) is 11.0. The van der Waals surface area contributed by atoms with Gasteiger partial charge in [0.25, 0.3) is 0 Å². The van der Waals surface area contributed by atoms with Gasteiger partial charge in [-0.3, -0.25) is 4.99 Å². The van der Waals surface area contributed by atoms with Gasteiger partial charge in [-0.1, -0.05) is 13.0 Å². The van der Waals surface area contributed by atoms with Gasteiger partial charge in [0.1, 0.15) is 0 Å². The molecule has 1 aliphatic rings. The number of thioether (sulfide) groups is 1. The summed E-state index contributed by atoms with van der Waals surface area (Å²) in [4.78, 5) is 11.1. The van der Waals surface area contributed by atoms with E-state index in [0.717, 1.165) is 43.3 Å². The Morgan fingerprint density at radius 2 is 2.30 bits per heavy atom. The van der Waals surface area contributed by atoms with Crippen molar-refractivity contribution in [2.75, 3.05) is 32.5 Å². The molecule has 128 valence electrons. The van der Waals surface area contributed by atoms with E-state index in [-0.39, 0.29) is 4.75 Å². The Morgan fingerprint density at radius 3 is 2.91 bits per heavy atom. The summed E-state index contributed by atoms with van der Waals surface area (Å²) in [5.41, 5.74) is 1.13. The largest absolute Gasteiger partial charge is 0.478 e. The minimum Gasteiger partial charge on any atom is -0.478 e. The highest BCUT2D eigenvalue weighted by molar-refractivity contribution is 8.00. The van der Waals surface area contributed by atoms with Crippen LogP contribution < -0.4 is 10.1 Å². The number of nitrogens with one attached hydrogen (secondary N) is 1. The number of aromatic nitrogens is 1. The number of aliphatic imine (C=N–C) groups is 1. The summed E-state index contributed by atoms with van der Waals surface area (Å²) in [5.74, 6) is 2.79. The van der Waals surface area contributed by atoms with Crippen LogP contribution in [0.15, 0.2) is 23.3 Å². The fourth-order valence-corrected chi connectivity index (χ4v) is 3.63. The second kappa shape index (κ2) is 8.43. The van der Waals surface area contributed by atoms with Gasteiger partial charge in [-0.05, 0) is 25.8 Å². The topological polar surface area (TPSA) is 49.8 Å². The van der Waals surface area contributed by atoms with Gasteiger partial charge in [-0.2, -0.15) is 11.8 Å². The highest BCUT2D eigenvalue weighted by Gasteiger charge is 2.28. The van der Waals surface area contributed by atoms with E-state index in [0.29, 0.717) is 12.5 Å². The van der Waals surface area contributed by atoms with Crippen molar-refractivity contribution in [2.24, 2.45) is 4.99 Å². The quantitative estimate of drug-likeness (QED) is 0.662. The van der Waals surface area contributed by atoms with Crippen LogP contribution in [0.4, 0.5) is 0 Å². The molecule has 0 radical (unpaired) electrons. The molecule has 0 amide bonds. The molecular weight excluding hydrogens is 308 g/mol. The molecule has 23 heavy (non-hydrogen) atoms. The number of hydrogen-bond acceptors (Lipinski definition) is 4. The molecule has 6 heteroatoms. The van der Waals surface area contributed by atoms with Crippen LogP contribution in [-0.2, 0) is 6.54 Å². The van der Waals surface area contributed by atoms with E-state index in [1.165, 1.54) is 0 Å². The lowest BCUT2D eigenvalue weighted by molar-refractivity contribution is 0.305. The summed E-state index contributed by atoms with van der Waals surface area (Å²) in [5, 5.41) is 3.44. The van der Waals surface area contributed by atoms with Gasteiger partial charge in [0.15, 0.2) is 5.96 Å². The monoisotopic (exact) mass is 336 g/mol. The predicted octanol–water partition coefficient (Wildman–Crippen LogP) is 2.77. The molecule has 1 aromatic rings. The Labute approximate surface area is 143 Å². The van der Waals surface area contributed by atoms with Crippen LogP contribution in [0.5, 0.6) is 5.88 Å². The Balaban J connectivity index is 1.88. The molecule has 5 nitrogen and oxygen atoms in total. The number of guanidine groups is 1. The van der Waals surface area contributed by atoms with E-state index in [1.54, 1.807) is 0 Å². The maximum Gasteiger partial charge on any atom is 0.213 e. The number of pyridine rings is 1. The fourth-order valence-electron chi connectivity index (χ4n) is 2.52. The van der Waals surface area contributed by atoms with Crippen molar-refractivity contribution < 1.29 is 4.74 Å². The Morgan fingerprint density at radius 1 is 1.48 bits per heavy atom. The number of hydrogen-bond donors (Lipinski definition) is 1. The molecule has 1 aliphatic heterocycles. The highest BCUT2D eigenvalue weighted by atomic mass is 32.2. The average Bonchev–Trinajstić information content (AvgIpc) is 2.54. The van der Waals surface area contributed by atoms with Gasteiger partial charge in [0.05, 0.1) is 6.61 Å². The van der Waals surface area contributed by atoms with Crippen LogP contribution in [0.3, 0.4) is 0 Å². The lowest BCUT2D eigenvalue weighted by atomic mass is 10.2. The van der Waals surface area contributed by atoms with Gasteiger partial charge in [-0.15, -0.1) is 0 Å². The van der Waals surface area contributed by atoms with E-state index in [1.807, 2.05) is 37.1 Å². The van der Waals surface area contributed by atoms with Crippen LogP contribution in [0, 0.1) is 0 Å². The van der Waals surface area contributed by atoms with Gasteiger partial charge in [-0.25, -0.2) is 4.98 Å². The maximum absolute atomic E-state index is 5.51. The van der Waals surface area contributed by atoms with Crippen molar-refractivity contribution in [1.82, 2.24) is 15.2 Å². The second-order valence-electron chi connectivity index (χ2n) is 6.28. The van der Waals surface area contributed by atoms with Crippen LogP contribution in [-0.4, -0.2) is 53.1 Å². The Hall–Kier alpha value is -1.43. The molecule has 0 aliphatic carbocycles. The van der Waals surface area contributed by atoms with Crippen LogP contribution in [0.1, 0.15) is 32.8 Å². The SMILES string of the molecule is CCCOc1ccc(CNC(=NC)N2CCSC(C)(C)C2)cn1. The molecule has 2 rings (SSSR count). The third-order valence-corrected chi connectivity index (χ3v) is 4.94. The third-order valence-electron chi connectivity index (χ3n) is 3.64. The molecule has 0 saturated carbocycles. The summed E-state index contributed by atoms with van der Waals surface area (Å²) in [6.07, 6.45) is 2.85. The zero-order valence-corrected chi connectivity index (χ0v) is 15.4. The zero-order chi connectivity index (χ0) is 16.7. The fraction of sp³-hybridized carbons (Fsp3) is 0.647. The number of rotatable bonds is 5. The number of ether oxygens (including phenoxy) is 1. The molecule has 1 aromatic heterocycles. The first-order valence-electron chi connectivity index (χ1n) is 8.21. The molecule has 0 aromatic carbocycles. The maximum atomic E-state index is 5.51. The van der Waals surface area contributed by atoms with Crippen molar-refractivity contribution in [3.05, 3.63) is 23.9 Å². The average molecular weight is 337 g/mol. The summed E-state index contributed by atoms with van der Waals surface area (Å²) in [6.45, 7) is 10.1. The van der Waals surface area contributed by atoms with Crippen LogP contribution in [0.2, 0.25) is 0 Å². The first-order valence-corrected chi connectivity index (χ1v) is 9.20. The number of nitrogens with zero attached hydrogens (tertiary/aromatic N) is 3. The lowest BCUT2D eigenvalue weighted by Crippen LogP contribution is -2.50. The molecule has 2 heterocycles. The predicted molar refractivity (Wildman–Crippen MR) is 98.3 cm³/mol. The second-order valence-corrected chi connectivity index (χ2v) is 8.09. The lowest BCUT2D eigenvalue weighted by Gasteiger charge is -2.39.